The Morgan fingerprint density at radius 3 is 2.71 bits per heavy atom. The molecule has 6 rings (SSSR count). The first kappa shape index (κ1) is 21.4. The van der Waals surface area contributed by atoms with Crippen LogP contribution in [0.2, 0.25) is 0 Å². The van der Waals surface area contributed by atoms with E-state index >= 15 is 0 Å². The largest absolute Gasteiger partial charge is 0.491 e. The van der Waals surface area contributed by atoms with Crippen molar-refractivity contribution in [3.05, 3.63) is 54.1 Å². The van der Waals surface area contributed by atoms with Crippen LogP contribution in [0.1, 0.15) is 18.7 Å². The Morgan fingerprint density at radius 1 is 1.09 bits per heavy atom. The van der Waals surface area contributed by atoms with Crippen LogP contribution in [0.25, 0.3) is 28.6 Å². The molecule has 5 heterocycles. The predicted molar refractivity (Wildman–Crippen MR) is 122 cm³/mol. The normalized spacial score (nSPS) is 17.0. The fourth-order valence-corrected chi connectivity index (χ4v) is 4.67. The number of nitrogens with zero attached hydrogens (tertiary/aromatic N) is 7. The Kier molecular flexibility index (Phi) is 5.05. The molecule has 0 unspecified atom stereocenters. The first-order valence-electron chi connectivity index (χ1n) is 11.3. The molecule has 9 nitrogen and oxygen atoms in total. The van der Waals surface area contributed by atoms with E-state index in [4.69, 9.17) is 9.72 Å². The number of carbonyl (C=O) groups excluding carboxylic acids is 1. The highest BCUT2D eigenvalue weighted by molar-refractivity contribution is 5.72. The molecule has 2 aliphatic heterocycles. The molecular weight excluding hydrogens is 456 g/mol. The Balaban J connectivity index is 1.42. The summed E-state index contributed by atoms with van der Waals surface area (Å²) in [7, 11) is 0. The van der Waals surface area contributed by atoms with Crippen LogP contribution in [0.4, 0.5) is 14.6 Å². The second-order valence-corrected chi connectivity index (χ2v) is 8.59. The quantitative estimate of drug-likeness (QED) is 0.417. The van der Waals surface area contributed by atoms with Gasteiger partial charge in [0.05, 0.1) is 23.8 Å². The molecule has 0 spiro atoms. The Bertz CT molecular complexity index is 1430. The van der Waals surface area contributed by atoms with Gasteiger partial charge < -0.3 is 19.0 Å². The zero-order chi connectivity index (χ0) is 24.1. The lowest BCUT2D eigenvalue weighted by Gasteiger charge is -2.22. The standard InChI is InChI=1S/C24H21F2N7O2/c1-14-28-24(33(30-14)18-8-15(25)7-16(26)9-18)20-12-31-5-6-35-21-10-22(27-11-19(21)23(31)29-20)32-4-2-3-17(32)13-34/h7-13,17H,2-6H2,1H3/t17-/m0/s1. The number of aryl methyl sites for hydroxylation is 1. The molecule has 0 N–H and O–H groups in total. The number of hydrogen-bond acceptors (Lipinski definition) is 7. The molecule has 35 heavy (non-hydrogen) atoms. The number of hydrogen-bond donors (Lipinski definition) is 0. The highest BCUT2D eigenvalue weighted by Crippen LogP contribution is 2.36. The molecule has 0 radical (unpaired) electrons. The molecule has 1 saturated heterocycles. The molecule has 0 saturated carbocycles. The molecule has 1 atom stereocenters. The number of rotatable bonds is 4. The summed E-state index contributed by atoms with van der Waals surface area (Å²) in [5, 5.41) is 4.33. The lowest BCUT2D eigenvalue weighted by atomic mass is 10.2. The number of anilines is 1. The van der Waals surface area contributed by atoms with Crippen molar-refractivity contribution >= 4 is 12.1 Å². The summed E-state index contributed by atoms with van der Waals surface area (Å²) in [6.45, 7) is 3.42. The van der Waals surface area contributed by atoms with Gasteiger partial charge in [-0.3, -0.25) is 0 Å². The fourth-order valence-electron chi connectivity index (χ4n) is 4.67. The number of aldehydes is 1. The van der Waals surface area contributed by atoms with Gasteiger partial charge in [0.2, 0.25) is 0 Å². The molecule has 1 aromatic carbocycles. The minimum Gasteiger partial charge on any atom is -0.491 e. The third-order valence-corrected chi connectivity index (χ3v) is 6.24. The Labute approximate surface area is 199 Å². The molecule has 2 aliphatic rings. The molecule has 3 aromatic heterocycles. The van der Waals surface area contributed by atoms with Crippen LogP contribution in [0.5, 0.6) is 5.75 Å². The maximum Gasteiger partial charge on any atom is 0.183 e. The molecule has 0 amide bonds. The average molecular weight is 477 g/mol. The number of aromatic nitrogens is 6. The van der Waals surface area contributed by atoms with E-state index < -0.39 is 11.6 Å². The van der Waals surface area contributed by atoms with Gasteiger partial charge in [0.25, 0.3) is 0 Å². The topological polar surface area (TPSA) is 91.0 Å². The van der Waals surface area contributed by atoms with Crippen LogP contribution in [-0.4, -0.2) is 54.8 Å². The number of fused-ring (bicyclic) bond motifs is 3. The number of benzene rings is 1. The van der Waals surface area contributed by atoms with Crippen LogP contribution in [0.15, 0.2) is 36.7 Å². The number of ether oxygens (including phenoxy) is 1. The molecular formula is C24H21F2N7O2. The third kappa shape index (κ3) is 3.72. The predicted octanol–water partition coefficient (Wildman–Crippen LogP) is 3.34. The van der Waals surface area contributed by atoms with E-state index in [2.05, 4.69) is 15.1 Å². The summed E-state index contributed by atoms with van der Waals surface area (Å²) in [4.78, 5) is 27.3. The number of halogens is 2. The Morgan fingerprint density at radius 2 is 1.91 bits per heavy atom. The van der Waals surface area contributed by atoms with Gasteiger partial charge in [-0.2, -0.15) is 5.10 Å². The van der Waals surface area contributed by atoms with Crippen molar-refractivity contribution in [2.75, 3.05) is 18.1 Å². The van der Waals surface area contributed by atoms with E-state index in [1.807, 2.05) is 21.7 Å². The van der Waals surface area contributed by atoms with Crippen molar-refractivity contribution in [3.63, 3.8) is 0 Å². The summed E-state index contributed by atoms with van der Waals surface area (Å²) in [6.07, 6.45) is 6.23. The summed E-state index contributed by atoms with van der Waals surface area (Å²) in [6, 6.07) is 4.87. The van der Waals surface area contributed by atoms with E-state index in [1.54, 1.807) is 13.1 Å². The summed E-state index contributed by atoms with van der Waals surface area (Å²) in [5.41, 5.74) is 1.42. The monoisotopic (exact) mass is 477 g/mol. The molecule has 1 fully saturated rings. The van der Waals surface area contributed by atoms with Gasteiger partial charge in [0, 0.05) is 31.1 Å². The minimum absolute atomic E-state index is 0.179. The van der Waals surface area contributed by atoms with Gasteiger partial charge in [-0.25, -0.2) is 28.4 Å². The second-order valence-electron chi connectivity index (χ2n) is 8.59. The van der Waals surface area contributed by atoms with Crippen molar-refractivity contribution in [2.24, 2.45) is 0 Å². The highest BCUT2D eigenvalue weighted by atomic mass is 19.1. The lowest BCUT2D eigenvalue weighted by Crippen LogP contribution is -2.30. The Hall–Kier alpha value is -4.15. The smallest absolute Gasteiger partial charge is 0.183 e. The average Bonchev–Trinajstić information content (AvgIpc) is 3.54. The van der Waals surface area contributed by atoms with Crippen molar-refractivity contribution < 1.29 is 18.3 Å². The lowest BCUT2D eigenvalue weighted by molar-refractivity contribution is -0.108. The van der Waals surface area contributed by atoms with Gasteiger partial charge in [0.15, 0.2) is 5.82 Å². The van der Waals surface area contributed by atoms with Gasteiger partial charge in [-0.05, 0) is 31.9 Å². The number of pyridine rings is 1. The minimum atomic E-state index is -0.706. The molecule has 0 bridgehead atoms. The summed E-state index contributed by atoms with van der Waals surface area (Å²) in [5.74, 6) is 1.36. The molecule has 0 aliphatic carbocycles. The zero-order valence-corrected chi connectivity index (χ0v) is 18.9. The molecule has 11 heteroatoms. The highest BCUT2D eigenvalue weighted by Gasteiger charge is 2.28. The van der Waals surface area contributed by atoms with Crippen LogP contribution in [0.3, 0.4) is 0 Å². The van der Waals surface area contributed by atoms with E-state index in [-0.39, 0.29) is 11.7 Å². The zero-order valence-electron chi connectivity index (χ0n) is 18.9. The van der Waals surface area contributed by atoms with Crippen molar-refractivity contribution in [2.45, 2.75) is 32.4 Å². The SMILES string of the molecule is Cc1nc(-c2cn3c(n2)-c2cnc(N4CCC[C@H]4C=O)cc2OCC3)n(-c2cc(F)cc(F)c2)n1. The molecule has 4 aromatic rings. The van der Waals surface area contributed by atoms with Crippen molar-refractivity contribution in [1.82, 2.24) is 29.3 Å². The third-order valence-electron chi connectivity index (χ3n) is 6.24. The van der Waals surface area contributed by atoms with E-state index in [0.29, 0.717) is 53.4 Å². The van der Waals surface area contributed by atoms with Crippen LogP contribution in [-0.2, 0) is 11.3 Å². The number of imidazole rings is 1. The van der Waals surface area contributed by atoms with Gasteiger partial charge >= 0.3 is 0 Å². The summed E-state index contributed by atoms with van der Waals surface area (Å²) < 4.78 is 37.1. The first-order valence-corrected chi connectivity index (χ1v) is 11.3. The maximum atomic E-state index is 13.9. The van der Waals surface area contributed by atoms with E-state index in [1.165, 1.54) is 16.8 Å². The van der Waals surface area contributed by atoms with Crippen molar-refractivity contribution in [3.8, 4) is 34.3 Å². The van der Waals surface area contributed by atoms with Crippen LogP contribution in [0, 0.1) is 18.6 Å². The maximum absolute atomic E-state index is 13.9. The second kappa shape index (κ2) is 8.26. The van der Waals surface area contributed by atoms with Crippen molar-refractivity contribution in [1.29, 1.82) is 0 Å². The van der Waals surface area contributed by atoms with Crippen LogP contribution < -0.4 is 9.64 Å². The molecule has 178 valence electrons. The summed E-state index contributed by atoms with van der Waals surface area (Å²) >= 11 is 0. The van der Waals surface area contributed by atoms with Gasteiger partial charge in [0.1, 0.15) is 53.4 Å². The van der Waals surface area contributed by atoms with Gasteiger partial charge in [-0.15, -0.1) is 0 Å². The first-order chi connectivity index (χ1) is 17.0. The van der Waals surface area contributed by atoms with Gasteiger partial charge in [-0.1, -0.05) is 0 Å². The fraction of sp³-hybridized carbons (Fsp3) is 0.292. The van der Waals surface area contributed by atoms with E-state index in [0.717, 1.165) is 31.7 Å². The van der Waals surface area contributed by atoms with E-state index in [9.17, 15) is 13.6 Å². The number of carbonyl (C=O) groups is 1. The van der Waals surface area contributed by atoms with Crippen LogP contribution >= 0.6 is 0 Å².